The Labute approximate surface area is 222 Å². The first-order valence-corrected chi connectivity index (χ1v) is 11.3. The van der Waals surface area contributed by atoms with E-state index in [-0.39, 0.29) is 42.6 Å². The molecule has 2 fully saturated rings. The largest absolute Gasteiger partial charge is 0.505 e. The Morgan fingerprint density at radius 2 is 1.32 bits per heavy atom. The number of aromatic nitrogens is 1. The van der Waals surface area contributed by atoms with E-state index in [9.17, 15) is 5.11 Å². The number of ether oxygens (including phenoxy) is 2. The molecule has 1 aromatic carbocycles. The van der Waals surface area contributed by atoms with Gasteiger partial charge in [0.25, 0.3) is 0 Å². The smallest absolute Gasteiger partial charge is 0.146 e. The van der Waals surface area contributed by atoms with E-state index in [0.29, 0.717) is 18.0 Å². The molecule has 0 saturated carbocycles. The molecule has 0 radical (unpaired) electrons. The zero-order chi connectivity index (χ0) is 21.8. The summed E-state index contributed by atoms with van der Waals surface area (Å²) in [5.74, 6) is 0.292. The van der Waals surface area contributed by atoms with Gasteiger partial charge in [0, 0.05) is 50.4 Å². The molecule has 0 spiro atoms. The molecule has 1 N–H and O–H groups in total. The van der Waals surface area contributed by atoms with Crippen LogP contribution in [0.3, 0.4) is 0 Å². The number of nitrogens with zero attached hydrogens (tertiary/aromatic N) is 3. The van der Waals surface area contributed by atoms with Crippen LogP contribution in [0, 0.1) is 0 Å². The molecule has 4 rings (SSSR count). The Balaban J connectivity index is 0.00000193. The zero-order valence-electron chi connectivity index (χ0n) is 20.3. The fourth-order valence-electron chi connectivity index (χ4n) is 4.17. The molecule has 2 aliphatic rings. The fraction of sp³-hybridized carbons (Fsp3) is 0.560. The number of hydrogen-bond acceptors (Lipinski definition) is 6. The third-order valence-corrected chi connectivity index (χ3v) is 6.14. The maximum Gasteiger partial charge on any atom is 0.146 e. The Kier molecular flexibility index (Phi) is 12.6. The summed E-state index contributed by atoms with van der Waals surface area (Å²) in [6.45, 7) is 14.7. The highest BCUT2D eigenvalue weighted by atomic mass is 35.5. The molecule has 2 aromatic rings. The molecule has 0 amide bonds. The number of halogens is 3. The van der Waals surface area contributed by atoms with Gasteiger partial charge in [-0.3, -0.25) is 9.80 Å². The van der Waals surface area contributed by atoms with Gasteiger partial charge < -0.3 is 14.6 Å². The molecular formula is C25H38Cl3N3O3. The normalized spacial score (nSPS) is 17.3. The van der Waals surface area contributed by atoms with Crippen molar-refractivity contribution in [2.75, 3.05) is 52.6 Å². The number of aromatic hydroxyl groups is 1. The quantitative estimate of drug-likeness (QED) is 0.601. The maximum absolute atomic E-state index is 11.2. The van der Waals surface area contributed by atoms with Gasteiger partial charge in [0.2, 0.25) is 0 Å². The minimum absolute atomic E-state index is 0. The average molecular weight is 535 g/mol. The Morgan fingerprint density at radius 3 is 1.82 bits per heavy atom. The van der Waals surface area contributed by atoms with Gasteiger partial charge in [-0.2, -0.15) is 0 Å². The van der Waals surface area contributed by atoms with Crippen molar-refractivity contribution in [2.45, 2.75) is 39.3 Å². The SMILES string of the molecule is CC(C)(C)c1ccc(-c2nc(CN3CCOCC3)cc(CN3CCOCC3)c2O)cc1.Cl.Cl.Cl. The lowest BCUT2D eigenvalue weighted by Gasteiger charge is -2.28. The Hall–Kier alpha value is -1.12. The maximum atomic E-state index is 11.2. The van der Waals surface area contributed by atoms with Gasteiger partial charge in [-0.1, -0.05) is 45.0 Å². The van der Waals surface area contributed by atoms with Gasteiger partial charge >= 0.3 is 0 Å². The Bertz CT molecular complexity index is 879. The standard InChI is InChI=1S/C25H35N3O3.3ClH/c1-25(2,3)21-6-4-19(5-7-21)23-24(29)20(17-27-8-12-30-13-9-27)16-22(26-23)18-28-10-14-31-15-11-28;;;/h4-7,16,29H,8-15,17-18H2,1-3H3;3*1H. The molecule has 0 aliphatic carbocycles. The fourth-order valence-corrected chi connectivity index (χ4v) is 4.17. The summed E-state index contributed by atoms with van der Waals surface area (Å²) < 4.78 is 11.0. The molecule has 2 saturated heterocycles. The van der Waals surface area contributed by atoms with Gasteiger partial charge in [0.15, 0.2) is 0 Å². The van der Waals surface area contributed by atoms with E-state index >= 15 is 0 Å². The van der Waals surface area contributed by atoms with Crippen LogP contribution in [0.2, 0.25) is 0 Å². The van der Waals surface area contributed by atoms with E-state index in [1.54, 1.807) is 0 Å². The predicted molar refractivity (Wildman–Crippen MR) is 144 cm³/mol. The molecule has 0 unspecified atom stereocenters. The van der Waals surface area contributed by atoms with Gasteiger partial charge in [-0.15, -0.1) is 37.2 Å². The van der Waals surface area contributed by atoms with E-state index in [4.69, 9.17) is 14.5 Å². The van der Waals surface area contributed by atoms with Crippen LogP contribution in [0.1, 0.15) is 37.6 Å². The van der Waals surface area contributed by atoms with Crippen LogP contribution < -0.4 is 0 Å². The minimum Gasteiger partial charge on any atom is -0.505 e. The molecule has 34 heavy (non-hydrogen) atoms. The van der Waals surface area contributed by atoms with E-state index in [1.807, 2.05) is 0 Å². The van der Waals surface area contributed by atoms with E-state index in [2.05, 4.69) is 60.9 Å². The molecule has 0 atom stereocenters. The second-order valence-corrected chi connectivity index (χ2v) is 9.57. The van der Waals surface area contributed by atoms with Crippen molar-refractivity contribution < 1.29 is 14.6 Å². The van der Waals surface area contributed by atoms with Crippen LogP contribution >= 0.6 is 37.2 Å². The van der Waals surface area contributed by atoms with Crippen LogP contribution in [0.4, 0.5) is 0 Å². The molecule has 9 heteroatoms. The summed E-state index contributed by atoms with van der Waals surface area (Å²) >= 11 is 0. The predicted octanol–water partition coefficient (Wildman–Crippen LogP) is 4.68. The second-order valence-electron chi connectivity index (χ2n) is 9.57. The van der Waals surface area contributed by atoms with Crippen LogP contribution in [-0.4, -0.2) is 72.5 Å². The monoisotopic (exact) mass is 533 g/mol. The molecule has 3 heterocycles. The topological polar surface area (TPSA) is 58.1 Å². The number of pyridine rings is 1. The minimum atomic E-state index is 0. The first-order chi connectivity index (χ1) is 14.9. The number of benzene rings is 1. The van der Waals surface area contributed by atoms with Gasteiger partial charge in [0.05, 0.1) is 32.1 Å². The molecule has 6 nitrogen and oxygen atoms in total. The molecule has 2 aliphatic heterocycles. The molecule has 192 valence electrons. The van der Waals surface area contributed by atoms with Gasteiger partial charge in [-0.25, -0.2) is 4.98 Å². The van der Waals surface area contributed by atoms with Crippen molar-refractivity contribution in [3.05, 3.63) is 47.2 Å². The summed E-state index contributed by atoms with van der Waals surface area (Å²) in [6, 6.07) is 10.5. The highest BCUT2D eigenvalue weighted by Gasteiger charge is 2.20. The van der Waals surface area contributed by atoms with Crippen molar-refractivity contribution in [1.29, 1.82) is 0 Å². The lowest BCUT2D eigenvalue weighted by molar-refractivity contribution is 0.0328. The summed E-state index contributed by atoms with van der Waals surface area (Å²) in [6.07, 6.45) is 0. The zero-order valence-corrected chi connectivity index (χ0v) is 22.7. The molecular weight excluding hydrogens is 497 g/mol. The van der Waals surface area contributed by atoms with E-state index in [1.165, 1.54) is 5.56 Å². The average Bonchev–Trinajstić information content (AvgIpc) is 2.77. The number of hydrogen-bond donors (Lipinski definition) is 1. The van der Waals surface area contributed by atoms with Crippen molar-refractivity contribution >= 4 is 37.2 Å². The van der Waals surface area contributed by atoms with Crippen molar-refractivity contribution in [3.63, 3.8) is 0 Å². The third kappa shape index (κ3) is 7.95. The Morgan fingerprint density at radius 1 is 0.824 bits per heavy atom. The first-order valence-electron chi connectivity index (χ1n) is 11.3. The van der Waals surface area contributed by atoms with Crippen molar-refractivity contribution in [1.82, 2.24) is 14.8 Å². The first kappa shape index (κ1) is 30.9. The summed E-state index contributed by atoms with van der Waals surface area (Å²) in [5, 5.41) is 11.2. The van der Waals surface area contributed by atoms with Crippen molar-refractivity contribution in [2.24, 2.45) is 0 Å². The highest BCUT2D eigenvalue weighted by Crippen LogP contribution is 2.34. The summed E-state index contributed by atoms with van der Waals surface area (Å²) in [5.41, 5.74) is 4.93. The molecule has 1 aromatic heterocycles. The van der Waals surface area contributed by atoms with Crippen LogP contribution in [0.5, 0.6) is 5.75 Å². The summed E-state index contributed by atoms with van der Waals surface area (Å²) in [4.78, 5) is 9.61. The van der Waals surface area contributed by atoms with Crippen LogP contribution in [0.25, 0.3) is 11.3 Å². The van der Waals surface area contributed by atoms with Gasteiger partial charge in [-0.05, 0) is 17.0 Å². The summed E-state index contributed by atoms with van der Waals surface area (Å²) in [7, 11) is 0. The van der Waals surface area contributed by atoms with E-state index in [0.717, 1.165) is 76.0 Å². The number of morpholine rings is 2. The lowest BCUT2D eigenvalue weighted by Crippen LogP contribution is -2.36. The van der Waals surface area contributed by atoms with Gasteiger partial charge in [0.1, 0.15) is 11.4 Å². The van der Waals surface area contributed by atoms with Crippen molar-refractivity contribution in [3.8, 4) is 17.0 Å². The number of rotatable bonds is 5. The van der Waals surface area contributed by atoms with E-state index < -0.39 is 0 Å². The second kappa shape index (κ2) is 13.8. The third-order valence-electron chi connectivity index (χ3n) is 6.14. The molecule has 0 bridgehead atoms. The lowest BCUT2D eigenvalue weighted by atomic mass is 9.86. The van der Waals surface area contributed by atoms with Crippen LogP contribution in [0.15, 0.2) is 30.3 Å². The van der Waals surface area contributed by atoms with Crippen LogP contribution in [-0.2, 0) is 28.0 Å². The highest BCUT2D eigenvalue weighted by molar-refractivity contribution is 5.86.